The quantitative estimate of drug-likeness (QED) is 0.802. The summed E-state index contributed by atoms with van der Waals surface area (Å²) in [6, 6.07) is 10.6. The summed E-state index contributed by atoms with van der Waals surface area (Å²) < 4.78 is 11.9. The van der Waals surface area contributed by atoms with Crippen molar-refractivity contribution in [2.24, 2.45) is 0 Å². The van der Waals surface area contributed by atoms with Gasteiger partial charge in [-0.05, 0) is 52.3 Å². The highest BCUT2D eigenvalue weighted by Gasteiger charge is 2.13. The fourth-order valence-electron chi connectivity index (χ4n) is 1.80. The van der Waals surface area contributed by atoms with E-state index in [0.29, 0.717) is 22.7 Å². The molecule has 0 fully saturated rings. The molecule has 0 radical (unpaired) electrons. The molecule has 0 saturated carbocycles. The van der Waals surface area contributed by atoms with Crippen LogP contribution in [-0.2, 0) is 0 Å². The fourth-order valence-corrected chi connectivity index (χ4v) is 2.70. The third-order valence-electron chi connectivity index (χ3n) is 2.82. The van der Waals surface area contributed by atoms with E-state index in [1.807, 2.05) is 6.07 Å². The van der Waals surface area contributed by atoms with E-state index in [1.165, 1.54) is 7.11 Å². The molecule has 0 aliphatic carbocycles. The first-order valence-corrected chi connectivity index (χ1v) is 7.62. The number of benzene rings is 2. The molecule has 21 heavy (non-hydrogen) atoms. The first-order chi connectivity index (χ1) is 10.0. The number of ether oxygens (including phenoxy) is 2. The first-order valence-electron chi connectivity index (χ1n) is 6.03. The van der Waals surface area contributed by atoms with Gasteiger partial charge in [-0.15, -0.1) is 0 Å². The number of methoxy groups -OCH3 is 2. The summed E-state index contributed by atoms with van der Waals surface area (Å²) in [6.45, 7) is 0. The van der Waals surface area contributed by atoms with E-state index in [2.05, 4.69) is 37.2 Å². The molecule has 1 amide bonds. The molecule has 0 aliphatic rings. The van der Waals surface area contributed by atoms with E-state index in [4.69, 9.17) is 9.47 Å². The minimum absolute atomic E-state index is 0.245. The normalized spacial score (nSPS) is 10.1. The third-order valence-corrected chi connectivity index (χ3v) is 3.93. The number of nitrogens with one attached hydrogen (secondary N) is 1. The Bertz CT molecular complexity index is 674. The second-order valence-electron chi connectivity index (χ2n) is 4.15. The van der Waals surface area contributed by atoms with Gasteiger partial charge in [-0.2, -0.15) is 0 Å². The van der Waals surface area contributed by atoms with Crippen molar-refractivity contribution in [3.05, 3.63) is 50.9 Å². The van der Waals surface area contributed by atoms with Gasteiger partial charge >= 0.3 is 0 Å². The van der Waals surface area contributed by atoms with Crippen LogP contribution < -0.4 is 14.8 Å². The maximum atomic E-state index is 12.4. The summed E-state index contributed by atoms with van der Waals surface area (Å²) in [5.74, 6) is 0.974. The zero-order valence-electron chi connectivity index (χ0n) is 11.4. The van der Waals surface area contributed by atoms with Gasteiger partial charge in [-0.25, -0.2) is 0 Å². The van der Waals surface area contributed by atoms with Crippen LogP contribution in [-0.4, -0.2) is 20.1 Å². The zero-order chi connectivity index (χ0) is 15.4. The number of carbonyl (C=O) groups is 1. The second kappa shape index (κ2) is 6.95. The SMILES string of the molecule is COc1ccc(NC(=O)c2cc(Br)ccc2OC)cc1Br. The Morgan fingerprint density at radius 2 is 1.67 bits per heavy atom. The average Bonchev–Trinajstić information content (AvgIpc) is 2.47. The van der Waals surface area contributed by atoms with Crippen LogP contribution in [0.1, 0.15) is 10.4 Å². The molecule has 0 bridgehead atoms. The van der Waals surface area contributed by atoms with Crippen molar-refractivity contribution in [1.82, 2.24) is 0 Å². The molecule has 0 unspecified atom stereocenters. The molecule has 0 saturated heterocycles. The van der Waals surface area contributed by atoms with E-state index >= 15 is 0 Å². The lowest BCUT2D eigenvalue weighted by Crippen LogP contribution is -2.13. The number of amides is 1. The molecule has 0 heterocycles. The second-order valence-corrected chi connectivity index (χ2v) is 5.92. The van der Waals surface area contributed by atoms with Crippen molar-refractivity contribution in [2.75, 3.05) is 19.5 Å². The predicted octanol–water partition coefficient (Wildman–Crippen LogP) is 4.48. The van der Waals surface area contributed by atoms with Crippen molar-refractivity contribution in [2.45, 2.75) is 0 Å². The Morgan fingerprint density at radius 3 is 2.29 bits per heavy atom. The van der Waals surface area contributed by atoms with Crippen molar-refractivity contribution in [3.63, 3.8) is 0 Å². The number of hydrogen-bond donors (Lipinski definition) is 1. The Hall–Kier alpha value is -1.53. The van der Waals surface area contributed by atoms with Gasteiger partial charge in [0.1, 0.15) is 11.5 Å². The Labute approximate surface area is 139 Å². The molecule has 0 aromatic heterocycles. The molecular formula is C15H13Br2NO3. The van der Waals surface area contributed by atoms with Gasteiger partial charge < -0.3 is 14.8 Å². The minimum Gasteiger partial charge on any atom is -0.496 e. The molecule has 0 spiro atoms. The molecule has 0 atom stereocenters. The summed E-state index contributed by atoms with van der Waals surface area (Å²) in [7, 11) is 3.12. The van der Waals surface area contributed by atoms with Crippen LogP contribution in [0.3, 0.4) is 0 Å². The standard InChI is InChI=1S/C15H13Br2NO3/c1-20-13-5-3-9(16)7-11(13)15(19)18-10-4-6-14(21-2)12(17)8-10/h3-8H,1-2H3,(H,18,19). The topological polar surface area (TPSA) is 47.6 Å². The monoisotopic (exact) mass is 413 g/mol. The maximum Gasteiger partial charge on any atom is 0.259 e. The van der Waals surface area contributed by atoms with Gasteiger partial charge in [-0.3, -0.25) is 4.79 Å². The largest absolute Gasteiger partial charge is 0.496 e. The molecule has 2 rings (SSSR count). The summed E-state index contributed by atoms with van der Waals surface area (Å²) in [5, 5.41) is 2.83. The molecule has 2 aromatic carbocycles. The van der Waals surface area contributed by atoms with Gasteiger partial charge in [0.25, 0.3) is 5.91 Å². The van der Waals surface area contributed by atoms with Crippen molar-refractivity contribution < 1.29 is 14.3 Å². The fraction of sp³-hybridized carbons (Fsp3) is 0.133. The van der Waals surface area contributed by atoms with E-state index < -0.39 is 0 Å². The highest BCUT2D eigenvalue weighted by Crippen LogP contribution is 2.29. The van der Waals surface area contributed by atoms with Gasteiger partial charge in [-0.1, -0.05) is 15.9 Å². The molecule has 110 valence electrons. The van der Waals surface area contributed by atoms with Crippen LogP contribution in [0.15, 0.2) is 45.3 Å². The Morgan fingerprint density at radius 1 is 1.00 bits per heavy atom. The summed E-state index contributed by atoms with van der Waals surface area (Å²) in [6.07, 6.45) is 0. The highest BCUT2D eigenvalue weighted by molar-refractivity contribution is 9.10. The van der Waals surface area contributed by atoms with Crippen LogP contribution in [0.4, 0.5) is 5.69 Å². The maximum absolute atomic E-state index is 12.4. The summed E-state index contributed by atoms with van der Waals surface area (Å²) >= 11 is 6.73. The van der Waals surface area contributed by atoms with Crippen molar-refractivity contribution >= 4 is 43.5 Å². The van der Waals surface area contributed by atoms with Crippen molar-refractivity contribution in [3.8, 4) is 11.5 Å². The molecule has 1 N–H and O–H groups in total. The molecule has 4 nitrogen and oxygen atoms in total. The van der Waals surface area contributed by atoms with Crippen LogP contribution in [0.5, 0.6) is 11.5 Å². The van der Waals surface area contributed by atoms with E-state index in [0.717, 1.165) is 8.95 Å². The Kier molecular flexibility index (Phi) is 5.25. The van der Waals surface area contributed by atoms with Gasteiger partial charge in [0.15, 0.2) is 0 Å². The van der Waals surface area contributed by atoms with E-state index in [9.17, 15) is 4.79 Å². The van der Waals surface area contributed by atoms with E-state index in [1.54, 1.807) is 37.4 Å². The predicted molar refractivity (Wildman–Crippen MR) is 89.3 cm³/mol. The number of halogens is 2. The molecular weight excluding hydrogens is 402 g/mol. The number of hydrogen-bond acceptors (Lipinski definition) is 3. The third kappa shape index (κ3) is 3.77. The number of carbonyl (C=O) groups excluding carboxylic acids is 1. The highest BCUT2D eigenvalue weighted by atomic mass is 79.9. The van der Waals surface area contributed by atoms with Crippen LogP contribution in [0.2, 0.25) is 0 Å². The zero-order valence-corrected chi connectivity index (χ0v) is 14.6. The number of anilines is 1. The summed E-state index contributed by atoms with van der Waals surface area (Å²) in [5.41, 5.74) is 1.12. The van der Waals surface area contributed by atoms with Gasteiger partial charge in [0.2, 0.25) is 0 Å². The number of rotatable bonds is 4. The lowest BCUT2D eigenvalue weighted by Gasteiger charge is -2.11. The van der Waals surface area contributed by atoms with Crippen LogP contribution >= 0.6 is 31.9 Å². The van der Waals surface area contributed by atoms with Gasteiger partial charge in [0, 0.05) is 10.2 Å². The molecule has 6 heteroatoms. The lowest BCUT2D eigenvalue weighted by atomic mass is 10.2. The summed E-state index contributed by atoms with van der Waals surface area (Å²) in [4.78, 5) is 12.4. The van der Waals surface area contributed by atoms with E-state index in [-0.39, 0.29) is 5.91 Å². The smallest absolute Gasteiger partial charge is 0.259 e. The first kappa shape index (κ1) is 15.9. The van der Waals surface area contributed by atoms with Crippen LogP contribution in [0, 0.1) is 0 Å². The minimum atomic E-state index is -0.245. The Balaban J connectivity index is 2.26. The van der Waals surface area contributed by atoms with Gasteiger partial charge in [0.05, 0.1) is 24.3 Å². The molecule has 2 aromatic rings. The van der Waals surface area contributed by atoms with Crippen molar-refractivity contribution in [1.29, 1.82) is 0 Å². The van der Waals surface area contributed by atoms with Crippen LogP contribution in [0.25, 0.3) is 0 Å². The lowest BCUT2D eigenvalue weighted by molar-refractivity contribution is 0.102. The average molecular weight is 415 g/mol. The molecule has 0 aliphatic heterocycles.